The van der Waals surface area contributed by atoms with Gasteiger partial charge in [-0.15, -0.1) is 0 Å². The SMILES string of the molecule is Cc1ccc(NC(=O)C23CC(CN2)C3)c2cccnc12.O=C(O)C(F)(F)F. The van der Waals surface area contributed by atoms with Gasteiger partial charge < -0.3 is 15.7 Å². The minimum atomic E-state index is -5.08. The van der Waals surface area contributed by atoms with E-state index >= 15 is 0 Å². The average Bonchev–Trinajstić information content (AvgIpc) is 3.19. The first-order chi connectivity index (χ1) is 12.6. The Balaban J connectivity index is 0.000000260. The highest BCUT2D eigenvalue weighted by atomic mass is 19.4. The molecule has 5 rings (SSSR count). The molecule has 2 saturated heterocycles. The molecule has 2 aliphatic heterocycles. The Bertz CT molecular complexity index is 887. The number of carbonyl (C=O) groups excluding carboxylic acids is 1. The number of pyridine rings is 1. The molecule has 1 aliphatic carbocycles. The molecule has 3 N–H and O–H groups in total. The van der Waals surface area contributed by atoms with E-state index < -0.39 is 12.1 Å². The number of rotatable bonds is 2. The van der Waals surface area contributed by atoms with Crippen molar-refractivity contribution >= 4 is 28.5 Å². The Labute approximate surface area is 152 Å². The number of hydrogen-bond donors (Lipinski definition) is 3. The second-order valence-electron chi connectivity index (χ2n) is 6.82. The number of aliphatic carboxylic acids is 1. The van der Waals surface area contributed by atoms with E-state index in [0.29, 0.717) is 5.92 Å². The van der Waals surface area contributed by atoms with Crippen LogP contribution in [0.5, 0.6) is 0 Å². The fourth-order valence-electron chi connectivity index (χ4n) is 3.48. The quantitative estimate of drug-likeness (QED) is 0.744. The maximum atomic E-state index is 12.5. The summed E-state index contributed by atoms with van der Waals surface area (Å²) >= 11 is 0. The van der Waals surface area contributed by atoms with Crippen molar-refractivity contribution in [3.05, 3.63) is 36.0 Å². The summed E-state index contributed by atoms with van der Waals surface area (Å²) in [4.78, 5) is 25.8. The van der Waals surface area contributed by atoms with Crippen LogP contribution in [0.4, 0.5) is 18.9 Å². The van der Waals surface area contributed by atoms with Crippen LogP contribution in [-0.4, -0.2) is 40.2 Å². The number of anilines is 1. The highest BCUT2D eigenvalue weighted by molar-refractivity contribution is 6.05. The van der Waals surface area contributed by atoms with Crippen LogP contribution in [-0.2, 0) is 9.59 Å². The molecule has 2 bridgehead atoms. The second-order valence-corrected chi connectivity index (χ2v) is 6.82. The van der Waals surface area contributed by atoms with Crippen molar-refractivity contribution in [2.75, 3.05) is 11.9 Å². The van der Waals surface area contributed by atoms with Gasteiger partial charge >= 0.3 is 12.1 Å². The van der Waals surface area contributed by atoms with Crippen molar-refractivity contribution in [2.24, 2.45) is 5.92 Å². The number of benzene rings is 1. The van der Waals surface area contributed by atoms with Crippen LogP contribution in [0.1, 0.15) is 18.4 Å². The van der Waals surface area contributed by atoms with E-state index in [0.717, 1.165) is 41.5 Å². The van der Waals surface area contributed by atoms with Crippen LogP contribution in [0.2, 0.25) is 0 Å². The minimum Gasteiger partial charge on any atom is -0.475 e. The smallest absolute Gasteiger partial charge is 0.475 e. The number of nitrogens with zero attached hydrogens (tertiary/aromatic N) is 1. The summed E-state index contributed by atoms with van der Waals surface area (Å²) in [5, 5.41) is 14.6. The van der Waals surface area contributed by atoms with E-state index in [4.69, 9.17) is 9.90 Å². The highest BCUT2D eigenvalue weighted by Crippen LogP contribution is 2.44. The molecule has 2 aromatic rings. The molecule has 3 fully saturated rings. The number of fused-ring (bicyclic) bond motifs is 2. The molecule has 27 heavy (non-hydrogen) atoms. The molecule has 6 nitrogen and oxygen atoms in total. The van der Waals surface area contributed by atoms with E-state index in [9.17, 15) is 18.0 Å². The van der Waals surface area contributed by atoms with Gasteiger partial charge in [0.05, 0.1) is 16.7 Å². The van der Waals surface area contributed by atoms with Gasteiger partial charge in [-0.2, -0.15) is 13.2 Å². The monoisotopic (exact) mass is 381 g/mol. The number of hydrogen-bond acceptors (Lipinski definition) is 4. The summed E-state index contributed by atoms with van der Waals surface area (Å²) in [6.07, 6.45) is -1.35. The summed E-state index contributed by atoms with van der Waals surface area (Å²) in [5.74, 6) is -1.97. The molecule has 0 unspecified atom stereocenters. The highest BCUT2D eigenvalue weighted by Gasteiger charge is 2.55. The van der Waals surface area contributed by atoms with Gasteiger partial charge in [0, 0.05) is 11.6 Å². The molecular formula is C18H18F3N3O3. The molecule has 0 spiro atoms. The van der Waals surface area contributed by atoms with Gasteiger partial charge in [-0.1, -0.05) is 6.07 Å². The van der Waals surface area contributed by atoms with Gasteiger partial charge in [-0.3, -0.25) is 9.78 Å². The van der Waals surface area contributed by atoms with Crippen molar-refractivity contribution < 1.29 is 27.9 Å². The number of alkyl halides is 3. The molecular weight excluding hydrogens is 363 g/mol. The van der Waals surface area contributed by atoms with E-state index in [2.05, 4.69) is 15.6 Å². The third-order valence-electron chi connectivity index (χ3n) is 4.90. The van der Waals surface area contributed by atoms with Crippen molar-refractivity contribution in [3.8, 4) is 0 Å². The summed E-state index contributed by atoms with van der Waals surface area (Å²) in [5.41, 5.74) is 2.62. The molecule has 9 heteroatoms. The van der Waals surface area contributed by atoms with Crippen molar-refractivity contribution in [2.45, 2.75) is 31.5 Å². The maximum absolute atomic E-state index is 12.5. The molecule has 3 heterocycles. The number of aryl methyl sites for hydroxylation is 1. The maximum Gasteiger partial charge on any atom is 0.490 e. The lowest BCUT2D eigenvalue weighted by Crippen LogP contribution is -2.53. The summed E-state index contributed by atoms with van der Waals surface area (Å²) in [6.45, 7) is 3.01. The normalized spacial score (nSPS) is 23.2. The van der Waals surface area contributed by atoms with Crippen LogP contribution in [0.15, 0.2) is 30.5 Å². The Morgan fingerprint density at radius 2 is 1.96 bits per heavy atom. The van der Waals surface area contributed by atoms with Gasteiger partial charge in [-0.05, 0) is 56.0 Å². The van der Waals surface area contributed by atoms with Crippen molar-refractivity contribution in [3.63, 3.8) is 0 Å². The van der Waals surface area contributed by atoms with Crippen molar-refractivity contribution in [1.82, 2.24) is 10.3 Å². The number of carbonyl (C=O) groups is 2. The number of halogens is 3. The molecule has 1 saturated carbocycles. The minimum absolute atomic E-state index is 0.0975. The predicted molar refractivity (Wildman–Crippen MR) is 92.3 cm³/mol. The first kappa shape index (κ1) is 19.1. The fourth-order valence-corrected chi connectivity index (χ4v) is 3.48. The molecule has 144 valence electrons. The van der Waals surface area contributed by atoms with Crippen LogP contribution < -0.4 is 10.6 Å². The molecule has 1 aromatic carbocycles. The molecule has 0 radical (unpaired) electrons. The van der Waals surface area contributed by atoms with Gasteiger partial charge in [0.25, 0.3) is 0 Å². The molecule has 1 amide bonds. The molecule has 3 aliphatic rings. The lowest BCUT2D eigenvalue weighted by molar-refractivity contribution is -0.192. The Kier molecular flexibility index (Phi) is 4.81. The number of carboxylic acid groups (broad SMARTS) is 1. The fraction of sp³-hybridized carbons (Fsp3) is 0.389. The first-order valence-corrected chi connectivity index (χ1v) is 8.33. The number of nitrogens with one attached hydrogen (secondary N) is 2. The largest absolute Gasteiger partial charge is 0.490 e. The number of carboxylic acids is 1. The Morgan fingerprint density at radius 1 is 1.30 bits per heavy atom. The van der Waals surface area contributed by atoms with Gasteiger partial charge in [-0.25, -0.2) is 4.79 Å². The third-order valence-corrected chi connectivity index (χ3v) is 4.90. The van der Waals surface area contributed by atoms with E-state index in [1.54, 1.807) is 6.20 Å². The Morgan fingerprint density at radius 3 is 2.52 bits per heavy atom. The zero-order valence-electron chi connectivity index (χ0n) is 14.4. The summed E-state index contributed by atoms with van der Waals surface area (Å²) < 4.78 is 31.7. The lowest BCUT2D eigenvalue weighted by Gasteiger charge is -2.35. The van der Waals surface area contributed by atoms with E-state index in [1.807, 2.05) is 31.2 Å². The van der Waals surface area contributed by atoms with Crippen LogP contribution in [0.3, 0.4) is 0 Å². The van der Waals surface area contributed by atoms with Crippen LogP contribution in [0.25, 0.3) is 10.9 Å². The van der Waals surface area contributed by atoms with Crippen molar-refractivity contribution in [1.29, 1.82) is 0 Å². The lowest BCUT2D eigenvalue weighted by atomic mass is 9.73. The summed E-state index contributed by atoms with van der Waals surface area (Å²) in [6, 6.07) is 7.89. The number of aromatic nitrogens is 1. The predicted octanol–water partition coefficient (Wildman–Crippen LogP) is 2.87. The van der Waals surface area contributed by atoms with Crippen LogP contribution >= 0.6 is 0 Å². The third kappa shape index (κ3) is 3.73. The standard InChI is InChI=1S/C16H17N3O.C2HF3O2/c1-10-4-5-13(12-3-2-6-17-14(10)12)19-15(20)16-7-11(8-16)9-18-16;3-2(4,5)1(6)7/h2-6,11,18H,7-9H2,1H3,(H,19,20);(H,6,7). The molecule has 0 atom stereocenters. The van der Waals surface area contributed by atoms with Crippen LogP contribution in [0, 0.1) is 12.8 Å². The first-order valence-electron chi connectivity index (χ1n) is 8.33. The second kappa shape index (κ2) is 6.80. The van der Waals surface area contributed by atoms with Gasteiger partial charge in [0.1, 0.15) is 0 Å². The summed E-state index contributed by atoms with van der Waals surface area (Å²) in [7, 11) is 0. The zero-order valence-corrected chi connectivity index (χ0v) is 14.4. The number of amides is 1. The van der Waals surface area contributed by atoms with E-state index in [1.165, 1.54) is 0 Å². The Hall–Kier alpha value is -2.68. The topological polar surface area (TPSA) is 91.3 Å². The average molecular weight is 381 g/mol. The van der Waals surface area contributed by atoms with Gasteiger partial charge in [0.15, 0.2) is 0 Å². The molecule has 1 aromatic heterocycles. The zero-order chi connectivity index (χ0) is 19.8. The van der Waals surface area contributed by atoms with Gasteiger partial charge in [0.2, 0.25) is 5.91 Å². The van der Waals surface area contributed by atoms with E-state index in [-0.39, 0.29) is 11.4 Å².